The molecule has 0 bridgehead atoms. The number of methoxy groups -OCH3 is 1. The molecule has 2 aromatic rings. The van der Waals surface area contributed by atoms with Gasteiger partial charge in [-0.1, -0.05) is 50.3 Å². The fourth-order valence-electron chi connectivity index (χ4n) is 2.71. The maximum Gasteiger partial charge on any atom is 2.00 e. The molecule has 0 amide bonds. The fourth-order valence-corrected chi connectivity index (χ4v) is 2.71. The number of hydrogen-bond acceptors (Lipinski definition) is 3. The first-order valence-corrected chi connectivity index (χ1v) is 9.01. The van der Waals surface area contributed by atoms with Gasteiger partial charge in [-0.2, -0.15) is 18.2 Å². The Labute approximate surface area is 172 Å². The predicted molar refractivity (Wildman–Crippen MR) is 107 cm³/mol. The molecule has 0 saturated heterocycles. The minimum Gasteiger partial charge on any atom is -0.616 e. The van der Waals surface area contributed by atoms with Gasteiger partial charge in [0.1, 0.15) is 0 Å². The molecule has 0 fully saturated rings. The smallest absolute Gasteiger partial charge is 0.616 e. The third-order valence-corrected chi connectivity index (χ3v) is 4.31. The third kappa shape index (κ3) is 7.18. The molecule has 3 rings (SSSR count). The molecule has 0 spiro atoms. The van der Waals surface area contributed by atoms with Crippen LogP contribution in [-0.4, -0.2) is 31.6 Å². The van der Waals surface area contributed by atoms with Gasteiger partial charge in [-0.15, -0.1) is 0 Å². The van der Waals surface area contributed by atoms with Gasteiger partial charge in [0.15, 0.2) is 0 Å². The Hall–Kier alpha value is -2.13. The van der Waals surface area contributed by atoms with Gasteiger partial charge in [0.2, 0.25) is 0 Å². The summed E-state index contributed by atoms with van der Waals surface area (Å²) in [6, 6.07) is 17.5. The maximum absolute atomic E-state index is 11.4. The second-order valence-electron chi connectivity index (χ2n) is 6.00. The van der Waals surface area contributed by atoms with Crippen molar-refractivity contribution in [2.45, 2.75) is 13.8 Å². The summed E-state index contributed by atoms with van der Waals surface area (Å²) in [5.74, 6) is -0.300. The van der Waals surface area contributed by atoms with E-state index >= 15 is 0 Å². The van der Waals surface area contributed by atoms with E-state index < -0.39 is 0 Å². The van der Waals surface area contributed by atoms with E-state index in [0.29, 0.717) is 5.22 Å². The third-order valence-electron chi connectivity index (χ3n) is 4.31. The number of likely N-dealkylation sites (N-methyl/N-ethyl adjacent to an activating group) is 1. The molecule has 1 aliphatic rings. The topological polar surface area (TPSA) is 35.5 Å². The minimum atomic E-state index is -0.300. The van der Waals surface area contributed by atoms with E-state index in [4.69, 9.17) is 4.74 Å². The van der Waals surface area contributed by atoms with Crippen LogP contribution >= 0.6 is 0 Å². The van der Waals surface area contributed by atoms with Crippen molar-refractivity contribution in [2.75, 3.05) is 26.7 Å². The maximum atomic E-state index is 11.4. The molecule has 1 aliphatic carbocycles. The van der Waals surface area contributed by atoms with E-state index in [1.807, 2.05) is 42.5 Å². The molecule has 0 unspecified atom stereocenters. The molecular formula is C23H27FeNO2. The zero-order valence-electron chi connectivity index (χ0n) is 16.2. The van der Waals surface area contributed by atoms with Crippen LogP contribution in [0.25, 0.3) is 11.5 Å². The van der Waals surface area contributed by atoms with E-state index in [0.717, 1.165) is 24.9 Å². The summed E-state index contributed by atoms with van der Waals surface area (Å²) in [6.07, 6.45) is 6.51. The van der Waals surface area contributed by atoms with E-state index in [-0.39, 0.29) is 23.0 Å². The molecule has 0 aliphatic heterocycles. The Balaban J connectivity index is 0.000000526. The minimum absolute atomic E-state index is 0. The van der Waals surface area contributed by atoms with E-state index in [9.17, 15) is 5.11 Å². The summed E-state index contributed by atoms with van der Waals surface area (Å²) in [5, 5.41) is 13.1. The van der Waals surface area contributed by atoms with Gasteiger partial charge in [0.05, 0.1) is 5.95 Å². The van der Waals surface area contributed by atoms with Crippen molar-refractivity contribution in [1.82, 2.24) is 4.90 Å². The zero-order chi connectivity index (χ0) is 18.8. The normalized spacial score (nSPS) is 12.1. The molecule has 3 nitrogen and oxygen atoms in total. The van der Waals surface area contributed by atoms with Crippen LogP contribution in [-0.2, 0) is 21.8 Å². The molecule has 0 atom stereocenters. The van der Waals surface area contributed by atoms with Gasteiger partial charge in [-0.05, 0) is 47.9 Å². The summed E-state index contributed by atoms with van der Waals surface area (Å²) >= 11 is 0. The Bertz CT molecular complexity index is 806. The summed E-state index contributed by atoms with van der Waals surface area (Å²) in [6.45, 7) is 7.46. The molecule has 0 aromatic heterocycles. The first-order chi connectivity index (χ1) is 12.7. The van der Waals surface area contributed by atoms with Crippen molar-refractivity contribution in [1.29, 1.82) is 0 Å². The number of nitrogens with zero attached hydrogens (tertiary/aromatic N) is 1. The van der Waals surface area contributed by atoms with Crippen molar-refractivity contribution < 1.29 is 26.9 Å². The van der Waals surface area contributed by atoms with Crippen molar-refractivity contribution >= 4 is 11.5 Å². The molecule has 2 aromatic carbocycles. The van der Waals surface area contributed by atoms with Crippen molar-refractivity contribution in [3.05, 3.63) is 88.8 Å². The number of ether oxygens (including phenoxy) is 1. The fraction of sp³-hybridized carbons (Fsp3) is 0.261. The van der Waals surface area contributed by atoms with E-state index in [2.05, 4.69) is 37.0 Å². The molecule has 0 heterocycles. The quantitative estimate of drug-likeness (QED) is 0.565. The number of allylic oxidation sites excluding steroid dienone is 2. The molecule has 0 saturated carbocycles. The second kappa shape index (κ2) is 12.3. The van der Waals surface area contributed by atoms with Crippen LogP contribution in [0.1, 0.15) is 13.8 Å². The van der Waals surface area contributed by atoms with E-state index in [1.165, 1.54) is 18.3 Å². The molecular weight excluding hydrogens is 378 g/mol. The van der Waals surface area contributed by atoms with Gasteiger partial charge in [-0.25, -0.2) is 12.1 Å². The van der Waals surface area contributed by atoms with Crippen LogP contribution in [0.15, 0.2) is 78.4 Å². The van der Waals surface area contributed by atoms with Crippen LogP contribution in [0.4, 0.5) is 0 Å². The number of hydrogen-bond donors (Lipinski definition) is 0. The molecule has 0 radical (unpaired) electrons. The van der Waals surface area contributed by atoms with Gasteiger partial charge in [0.25, 0.3) is 0 Å². The Morgan fingerprint density at radius 2 is 1.67 bits per heavy atom. The average Bonchev–Trinajstić information content (AvgIpc) is 3.40. The molecule has 144 valence electrons. The summed E-state index contributed by atoms with van der Waals surface area (Å²) in [5.41, 5.74) is 2.51. The summed E-state index contributed by atoms with van der Waals surface area (Å²) < 4.78 is 4.71. The van der Waals surface area contributed by atoms with Crippen LogP contribution in [0.3, 0.4) is 0 Å². The molecule has 0 N–H and O–H groups in total. The second-order valence-corrected chi connectivity index (χ2v) is 6.00. The van der Waals surface area contributed by atoms with Crippen LogP contribution in [0.5, 0.6) is 0 Å². The van der Waals surface area contributed by atoms with Crippen LogP contribution in [0.2, 0.25) is 0 Å². The first kappa shape index (κ1) is 22.9. The predicted octanol–water partition coefficient (Wildman–Crippen LogP) is 2.15. The zero-order valence-corrected chi connectivity index (χ0v) is 17.3. The number of rotatable bonds is 5. The first-order valence-electron chi connectivity index (χ1n) is 9.01. The Morgan fingerprint density at radius 3 is 2.15 bits per heavy atom. The summed E-state index contributed by atoms with van der Waals surface area (Å²) in [7, 11) is 1.40. The van der Waals surface area contributed by atoms with Crippen LogP contribution < -0.4 is 15.5 Å². The van der Waals surface area contributed by atoms with E-state index in [1.54, 1.807) is 12.1 Å². The van der Waals surface area contributed by atoms with Gasteiger partial charge in [0, 0.05) is 6.54 Å². The monoisotopic (exact) mass is 405 g/mol. The molecule has 27 heavy (non-hydrogen) atoms. The SMILES string of the molecule is CCN(CC)CC1=CC(=c2ccc(=C([O-])OC)cc2)C=C1.[Fe+2].c1cc[cH-]c1. The molecule has 4 heteroatoms. The Kier molecular flexibility index (Phi) is 10.4. The van der Waals surface area contributed by atoms with Gasteiger partial charge >= 0.3 is 17.1 Å². The largest absolute Gasteiger partial charge is 2.00 e. The van der Waals surface area contributed by atoms with Crippen LogP contribution in [0, 0.1) is 0 Å². The summed E-state index contributed by atoms with van der Waals surface area (Å²) in [4.78, 5) is 2.39. The standard InChI is InChI=1S/C18H23NO2.C5H5.Fe/c1-4-19(5-2)13-14-6-7-17(12-14)15-8-10-16(11-9-15)18(20)21-3;1-2-4-5-3-1;/h6-12,20H,4-5,13H2,1-3H3;1-5H;/q;-1;+2/p-1. The number of benzene rings is 1. The van der Waals surface area contributed by atoms with Gasteiger partial charge in [-0.3, -0.25) is 4.90 Å². The average molecular weight is 405 g/mol. The Morgan fingerprint density at radius 1 is 1.04 bits per heavy atom. The van der Waals surface area contributed by atoms with Crippen molar-refractivity contribution in [3.63, 3.8) is 0 Å². The van der Waals surface area contributed by atoms with Crippen molar-refractivity contribution in [2.24, 2.45) is 0 Å². The van der Waals surface area contributed by atoms with Gasteiger partial charge < -0.3 is 9.84 Å². The van der Waals surface area contributed by atoms with Crippen molar-refractivity contribution in [3.8, 4) is 0 Å².